The summed E-state index contributed by atoms with van der Waals surface area (Å²) in [6.45, 7) is 0. The van der Waals surface area contributed by atoms with E-state index in [1.165, 1.54) is 18.2 Å². The Morgan fingerprint density at radius 2 is 1.78 bits per heavy atom. The maximum absolute atomic E-state index is 12.4. The molecular weight excluding hydrogens is 311 g/mol. The molecular formula is C11H8Cl3F3O. The zero-order valence-electron chi connectivity index (χ0n) is 8.76. The van der Waals surface area contributed by atoms with Crippen LogP contribution >= 0.6 is 34.8 Å². The smallest absolute Gasteiger partial charge is 0.385 e. The molecule has 1 atom stereocenters. The van der Waals surface area contributed by atoms with Gasteiger partial charge in [0.15, 0.2) is 0 Å². The van der Waals surface area contributed by atoms with E-state index < -0.39 is 21.6 Å². The summed E-state index contributed by atoms with van der Waals surface area (Å²) in [4.78, 5) is 0. The lowest BCUT2D eigenvalue weighted by Crippen LogP contribution is -2.22. The van der Waals surface area contributed by atoms with Gasteiger partial charge in [-0.1, -0.05) is 59.1 Å². The van der Waals surface area contributed by atoms with Crippen LogP contribution in [0.15, 0.2) is 30.3 Å². The van der Waals surface area contributed by atoms with Crippen molar-refractivity contribution in [3.63, 3.8) is 0 Å². The fourth-order valence-electron chi connectivity index (χ4n) is 1.13. The van der Waals surface area contributed by atoms with Crippen LogP contribution in [0, 0.1) is 0 Å². The number of aliphatic hydroxyl groups excluding tert-OH is 1. The summed E-state index contributed by atoms with van der Waals surface area (Å²) in [6, 6.07) is 4.57. The quantitative estimate of drug-likeness (QED) is 0.799. The number of benzene rings is 1. The summed E-state index contributed by atoms with van der Waals surface area (Å²) in [5.74, 6) is 0. The van der Waals surface area contributed by atoms with Crippen LogP contribution < -0.4 is 0 Å². The zero-order valence-corrected chi connectivity index (χ0v) is 11.0. The summed E-state index contributed by atoms with van der Waals surface area (Å²) in [5.41, 5.74) is -0.536. The van der Waals surface area contributed by atoms with Gasteiger partial charge in [-0.25, -0.2) is 0 Å². The molecule has 0 spiro atoms. The minimum Gasteiger partial charge on any atom is -0.385 e. The highest BCUT2D eigenvalue weighted by Gasteiger charge is 2.30. The Kier molecular flexibility index (Phi) is 4.95. The van der Waals surface area contributed by atoms with Gasteiger partial charge < -0.3 is 5.11 Å². The Balaban J connectivity index is 2.90. The van der Waals surface area contributed by atoms with Crippen molar-refractivity contribution >= 4 is 40.9 Å². The molecule has 0 heterocycles. The van der Waals surface area contributed by atoms with Crippen LogP contribution in [-0.2, 0) is 6.18 Å². The molecule has 18 heavy (non-hydrogen) atoms. The lowest BCUT2D eigenvalue weighted by Gasteiger charge is -2.14. The van der Waals surface area contributed by atoms with Crippen LogP contribution in [0.25, 0.3) is 6.08 Å². The normalized spacial score (nSPS) is 15.1. The Labute approximate surface area is 117 Å². The van der Waals surface area contributed by atoms with Crippen LogP contribution in [-0.4, -0.2) is 15.0 Å². The van der Waals surface area contributed by atoms with E-state index in [9.17, 15) is 18.3 Å². The highest BCUT2D eigenvalue weighted by Crippen LogP contribution is 2.32. The minimum atomic E-state index is -4.42. The van der Waals surface area contributed by atoms with E-state index in [4.69, 9.17) is 34.8 Å². The van der Waals surface area contributed by atoms with Crippen molar-refractivity contribution in [2.75, 3.05) is 0 Å². The molecule has 0 aromatic heterocycles. The van der Waals surface area contributed by atoms with Gasteiger partial charge in [-0.05, 0) is 17.7 Å². The van der Waals surface area contributed by atoms with Gasteiger partial charge >= 0.3 is 6.18 Å². The molecule has 1 N–H and O–H groups in total. The van der Waals surface area contributed by atoms with Crippen molar-refractivity contribution in [3.8, 4) is 0 Å². The molecule has 1 aromatic carbocycles. The Morgan fingerprint density at radius 3 is 2.28 bits per heavy atom. The van der Waals surface area contributed by atoms with Crippen LogP contribution in [0.4, 0.5) is 13.2 Å². The minimum absolute atomic E-state index is 0.248. The van der Waals surface area contributed by atoms with Crippen molar-refractivity contribution in [2.45, 2.75) is 16.1 Å². The van der Waals surface area contributed by atoms with Crippen LogP contribution in [0.1, 0.15) is 11.1 Å². The standard InChI is InChI=1S/C11H8Cl3F3O/c12-10(13,14)9(18)5-4-7-2-1-3-8(6-7)11(15,16)17/h1-6,9,18H/b5-4+. The molecule has 100 valence electrons. The van der Waals surface area contributed by atoms with Crippen LogP contribution in [0.2, 0.25) is 0 Å². The highest BCUT2D eigenvalue weighted by atomic mass is 35.6. The number of rotatable bonds is 2. The first-order valence-corrected chi connectivity index (χ1v) is 5.84. The summed E-state index contributed by atoms with van der Waals surface area (Å²) >= 11 is 16.2. The molecule has 0 fully saturated rings. The molecule has 0 saturated carbocycles. The second kappa shape index (κ2) is 5.70. The Hall–Kier alpha value is -0.420. The van der Waals surface area contributed by atoms with Crippen molar-refractivity contribution < 1.29 is 18.3 Å². The van der Waals surface area contributed by atoms with Crippen molar-refractivity contribution in [3.05, 3.63) is 41.5 Å². The second-order valence-corrected chi connectivity index (χ2v) is 5.84. The predicted octanol–water partition coefficient (Wildman–Crippen LogP) is 4.45. The van der Waals surface area contributed by atoms with Gasteiger partial charge in [0.1, 0.15) is 6.10 Å². The average Bonchev–Trinajstić information content (AvgIpc) is 2.23. The third-order valence-electron chi connectivity index (χ3n) is 2.02. The fourth-order valence-corrected chi connectivity index (χ4v) is 1.35. The summed E-state index contributed by atoms with van der Waals surface area (Å²) < 4.78 is 35.3. The number of aliphatic hydroxyl groups is 1. The molecule has 0 bridgehead atoms. The van der Waals surface area contributed by atoms with Gasteiger partial charge in [-0.15, -0.1) is 0 Å². The van der Waals surface area contributed by atoms with E-state index >= 15 is 0 Å². The molecule has 0 aliphatic carbocycles. The first-order valence-electron chi connectivity index (χ1n) is 4.71. The topological polar surface area (TPSA) is 20.2 Å². The molecule has 1 aromatic rings. The summed E-state index contributed by atoms with van der Waals surface area (Å²) in [6.07, 6.45) is -3.46. The van der Waals surface area contributed by atoms with Crippen molar-refractivity contribution in [1.29, 1.82) is 0 Å². The molecule has 0 aliphatic rings. The van der Waals surface area contributed by atoms with Gasteiger partial charge in [-0.2, -0.15) is 13.2 Å². The summed E-state index contributed by atoms with van der Waals surface area (Å²) in [7, 11) is 0. The number of alkyl halides is 6. The van der Waals surface area contributed by atoms with Gasteiger partial charge in [0.25, 0.3) is 0 Å². The first-order chi connectivity index (χ1) is 8.10. The highest BCUT2D eigenvalue weighted by molar-refractivity contribution is 6.68. The van der Waals surface area contributed by atoms with Gasteiger partial charge in [0.2, 0.25) is 3.79 Å². The maximum atomic E-state index is 12.4. The Morgan fingerprint density at radius 1 is 1.17 bits per heavy atom. The molecule has 1 nitrogen and oxygen atoms in total. The van der Waals surface area contributed by atoms with Gasteiger partial charge in [-0.3, -0.25) is 0 Å². The fraction of sp³-hybridized carbons (Fsp3) is 0.273. The second-order valence-electron chi connectivity index (χ2n) is 3.47. The van der Waals surface area contributed by atoms with Crippen molar-refractivity contribution in [2.24, 2.45) is 0 Å². The van der Waals surface area contributed by atoms with Crippen molar-refractivity contribution in [1.82, 2.24) is 0 Å². The largest absolute Gasteiger partial charge is 0.416 e. The number of hydrogen-bond acceptors (Lipinski definition) is 1. The number of hydrogen-bond donors (Lipinski definition) is 1. The molecule has 1 rings (SSSR count). The van der Waals surface area contributed by atoms with E-state index in [0.717, 1.165) is 18.2 Å². The van der Waals surface area contributed by atoms with E-state index in [2.05, 4.69) is 0 Å². The third-order valence-corrected chi connectivity index (χ3v) is 2.69. The lowest BCUT2D eigenvalue weighted by atomic mass is 10.1. The average molecular weight is 320 g/mol. The molecule has 0 aliphatic heterocycles. The number of halogens is 6. The monoisotopic (exact) mass is 318 g/mol. The van der Waals surface area contributed by atoms with E-state index in [1.54, 1.807) is 0 Å². The molecule has 0 amide bonds. The van der Waals surface area contributed by atoms with E-state index in [-0.39, 0.29) is 5.56 Å². The Bertz CT molecular complexity index is 438. The molecule has 7 heteroatoms. The van der Waals surface area contributed by atoms with Gasteiger partial charge in [0.05, 0.1) is 5.56 Å². The van der Waals surface area contributed by atoms with Gasteiger partial charge in [0, 0.05) is 0 Å². The molecule has 0 radical (unpaired) electrons. The SMILES string of the molecule is OC(/C=C/c1cccc(C(F)(F)F)c1)C(Cl)(Cl)Cl. The van der Waals surface area contributed by atoms with E-state index in [0.29, 0.717) is 0 Å². The zero-order chi connectivity index (χ0) is 14.0. The predicted molar refractivity (Wildman–Crippen MR) is 66.8 cm³/mol. The summed E-state index contributed by atoms with van der Waals surface area (Å²) in [5, 5.41) is 9.37. The lowest BCUT2D eigenvalue weighted by molar-refractivity contribution is -0.137. The molecule has 1 unspecified atom stereocenters. The maximum Gasteiger partial charge on any atom is 0.416 e. The van der Waals surface area contributed by atoms with Crippen LogP contribution in [0.3, 0.4) is 0 Å². The van der Waals surface area contributed by atoms with Crippen LogP contribution in [0.5, 0.6) is 0 Å². The third kappa shape index (κ3) is 4.69. The first kappa shape index (κ1) is 15.6. The van der Waals surface area contributed by atoms with E-state index in [1.807, 2.05) is 0 Å². The molecule has 0 saturated heterocycles.